The highest BCUT2D eigenvalue weighted by Crippen LogP contribution is 2.52. The average Bonchev–Trinajstić information content (AvgIpc) is 3.24. The topological polar surface area (TPSA) is 38.8 Å². The zero-order chi connectivity index (χ0) is 15.0. The number of hydrogen-bond acceptors (Lipinski definition) is 3. The van der Waals surface area contributed by atoms with E-state index in [1.165, 1.54) is 7.11 Å². The van der Waals surface area contributed by atoms with E-state index in [9.17, 15) is 4.79 Å². The number of hydrogen-bond donors (Lipinski definition) is 0. The van der Waals surface area contributed by atoms with E-state index in [0.717, 1.165) is 11.1 Å². The summed E-state index contributed by atoms with van der Waals surface area (Å²) in [5.74, 6) is -0.403. The number of methoxy groups -OCH3 is 1. The molecule has 1 heterocycles. The van der Waals surface area contributed by atoms with Gasteiger partial charge in [-0.25, -0.2) is 4.79 Å². The van der Waals surface area contributed by atoms with Crippen LogP contribution in [0.3, 0.4) is 0 Å². The van der Waals surface area contributed by atoms with E-state index in [1.807, 2.05) is 24.3 Å². The molecule has 1 aliphatic heterocycles. The summed E-state index contributed by atoms with van der Waals surface area (Å²) in [6.07, 6.45) is -0.662. The highest BCUT2D eigenvalue weighted by Gasteiger charge is 2.63. The van der Waals surface area contributed by atoms with E-state index in [4.69, 9.17) is 32.7 Å². The second kappa shape index (κ2) is 5.34. The standard InChI is InChI=1S/C16H12Cl2O3/c1-20-15(19)14-16(21-14,10-2-6-12(17)7-3-10)11-4-8-13(18)9-5-11/h2-9,14H,1H3/t14-/m1/s1. The fourth-order valence-electron chi connectivity index (χ4n) is 2.47. The maximum Gasteiger partial charge on any atom is 0.338 e. The van der Waals surface area contributed by atoms with E-state index < -0.39 is 17.7 Å². The number of benzene rings is 2. The minimum absolute atomic E-state index is 0.403. The summed E-state index contributed by atoms with van der Waals surface area (Å²) in [6.45, 7) is 0. The smallest absolute Gasteiger partial charge is 0.338 e. The lowest BCUT2D eigenvalue weighted by molar-refractivity contribution is -0.142. The van der Waals surface area contributed by atoms with Gasteiger partial charge < -0.3 is 9.47 Å². The number of carbonyl (C=O) groups excluding carboxylic acids is 1. The lowest BCUT2D eigenvalue weighted by Gasteiger charge is -2.14. The first-order chi connectivity index (χ1) is 10.1. The van der Waals surface area contributed by atoms with Gasteiger partial charge in [0.15, 0.2) is 11.7 Å². The summed E-state index contributed by atoms with van der Waals surface area (Å²) in [7, 11) is 1.35. The van der Waals surface area contributed by atoms with Crippen LogP contribution in [0.15, 0.2) is 48.5 Å². The summed E-state index contributed by atoms with van der Waals surface area (Å²) in [5.41, 5.74) is 0.872. The van der Waals surface area contributed by atoms with Crippen LogP contribution in [0.2, 0.25) is 10.0 Å². The molecule has 108 valence electrons. The van der Waals surface area contributed by atoms with Crippen LogP contribution in [-0.4, -0.2) is 19.2 Å². The van der Waals surface area contributed by atoms with Crippen molar-refractivity contribution in [3.8, 4) is 0 Å². The van der Waals surface area contributed by atoms with Crippen molar-refractivity contribution in [3.05, 3.63) is 69.7 Å². The third kappa shape index (κ3) is 2.42. The van der Waals surface area contributed by atoms with Crippen molar-refractivity contribution in [2.45, 2.75) is 11.7 Å². The van der Waals surface area contributed by atoms with Crippen molar-refractivity contribution in [3.63, 3.8) is 0 Å². The quantitative estimate of drug-likeness (QED) is 0.637. The van der Waals surface area contributed by atoms with Gasteiger partial charge in [0.25, 0.3) is 0 Å². The first kappa shape index (κ1) is 14.4. The molecule has 1 saturated heterocycles. The van der Waals surface area contributed by atoms with Crippen LogP contribution in [0.5, 0.6) is 0 Å². The fraction of sp³-hybridized carbons (Fsp3) is 0.188. The highest BCUT2D eigenvalue weighted by atomic mass is 35.5. The van der Waals surface area contributed by atoms with E-state index in [2.05, 4.69) is 0 Å². The van der Waals surface area contributed by atoms with Gasteiger partial charge in [-0.15, -0.1) is 0 Å². The molecule has 0 saturated carbocycles. The monoisotopic (exact) mass is 322 g/mol. The number of epoxide rings is 1. The zero-order valence-corrected chi connectivity index (χ0v) is 12.7. The van der Waals surface area contributed by atoms with E-state index in [-0.39, 0.29) is 0 Å². The second-order valence-electron chi connectivity index (χ2n) is 4.77. The molecule has 3 nitrogen and oxygen atoms in total. The van der Waals surface area contributed by atoms with Crippen molar-refractivity contribution in [2.24, 2.45) is 0 Å². The molecule has 0 aliphatic carbocycles. The molecule has 0 aromatic heterocycles. The van der Waals surface area contributed by atoms with Crippen molar-refractivity contribution >= 4 is 29.2 Å². The van der Waals surface area contributed by atoms with Gasteiger partial charge >= 0.3 is 5.97 Å². The second-order valence-corrected chi connectivity index (χ2v) is 5.64. The molecule has 0 unspecified atom stereocenters. The maximum absolute atomic E-state index is 11.9. The number of carbonyl (C=O) groups is 1. The predicted octanol–water partition coefficient (Wildman–Crippen LogP) is 3.81. The van der Waals surface area contributed by atoms with Gasteiger partial charge in [0.05, 0.1) is 7.11 Å². The van der Waals surface area contributed by atoms with Gasteiger partial charge in [0.1, 0.15) is 0 Å². The normalized spacial score (nSPS) is 19.1. The molecule has 21 heavy (non-hydrogen) atoms. The largest absolute Gasteiger partial charge is 0.467 e. The molecule has 5 heteroatoms. The Kier molecular flexibility index (Phi) is 3.66. The molecular formula is C16H12Cl2O3. The lowest BCUT2D eigenvalue weighted by Crippen LogP contribution is -2.21. The van der Waals surface area contributed by atoms with Gasteiger partial charge in [-0.2, -0.15) is 0 Å². The van der Waals surface area contributed by atoms with Gasteiger partial charge in [0, 0.05) is 10.0 Å². The van der Waals surface area contributed by atoms with Crippen molar-refractivity contribution < 1.29 is 14.3 Å². The Morgan fingerprint density at radius 1 is 1.00 bits per heavy atom. The SMILES string of the molecule is COC(=O)[C@H]1OC1(c1ccc(Cl)cc1)c1ccc(Cl)cc1. The zero-order valence-electron chi connectivity index (χ0n) is 11.2. The third-order valence-electron chi connectivity index (χ3n) is 3.58. The molecule has 1 fully saturated rings. The molecular weight excluding hydrogens is 311 g/mol. The van der Waals surface area contributed by atoms with Crippen molar-refractivity contribution in [1.82, 2.24) is 0 Å². The first-order valence-electron chi connectivity index (χ1n) is 6.35. The van der Waals surface area contributed by atoms with Crippen LogP contribution in [0.25, 0.3) is 0 Å². The van der Waals surface area contributed by atoms with E-state index >= 15 is 0 Å². The molecule has 1 aliphatic rings. The molecule has 0 radical (unpaired) electrons. The Bertz CT molecular complexity index is 619. The fourth-order valence-corrected chi connectivity index (χ4v) is 2.73. The minimum atomic E-state index is -0.831. The van der Waals surface area contributed by atoms with Crippen LogP contribution in [-0.2, 0) is 19.9 Å². The summed E-state index contributed by atoms with van der Waals surface area (Å²) in [6, 6.07) is 14.5. The highest BCUT2D eigenvalue weighted by molar-refractivity contribution is 6.30. The van der Waals surface area contributed by atoms with Gasteiger partial charge in [0.2, 0.25) is 0 Å². The Morgan fingerprint density at radius 3 is 1.81 bits per heavy atom. The van der Waals surface area contributed by atoms with Gasteiger partial charge in [-0.3, -0.25) is 0 Å². The molecule has 0 spiro atoms. The summed E-state index contributed by atoms with van der Waals surface area (Å²) >= 11 is 11.9. The summed E-state index contributed by atoms with van der Waals surface area (Å²) in [5, 5.41) is 1.25. The van der Waals surface area contributed by atoms with Crippen LogP contribution >= 0.6 is 23.2 Å². The Labute approximate surface area is 132 Å². The Balaban J connectivity index is 2.07. The average molecular weight is 323 g/mol. The predicted molar refractivity (Wildman–Crippen MR) is 80.6 cm³/mol. The molecule has 0 amide bonds. The Morgan fingerprint density at radius 2 is 1.43 bits per heavy atom. The molecule has 0 bridgehead atoms. The van der Waals surface area contributed by atoms with Crippen LogP contribution < -0.4 is 0 Å². The Hall–Kier alpha value is -1.55. The number of rotatable bonds is 3. The third-order valence-corrected chi connectivity index (χ3v) is 4.08. The van der Waals surface area contributed by atoms with E-state index in [1.54, 1.807) is 24.3 Å². The maximum atomic E-state index is 11.9. The molecule has 2 aromatic carbocycles. The molecule has 1 atom stereocenters. The first-order valence-corrected chi connectivity index (χ1v) is 7.11. The lowest BCUT2D eigenvalue weighted by atomic mass is 9.88. The van der Waals surface area contributed by atoms with Crippen LogP contribution in [0, 0.1) is 0 Å². The molecule has 0 N–H and O–H groups in total. The van der Waals surface area contributed by atoms with E-state index in [0.29, 0.717) is 10.0 Å². The number of esters is 1. The van der Waals surface area contributed by atoms with Crippen molar-refractivity contribution in [1.29, 1.82) is 0 Å². The summed E-state index contributed by atoms with van der Waals surface area (Å²) < 4.78 is 10.6. The number of ether oxygens (including phenoxy) is 2. The summed E-state index contributed by atoms with van der Waals surface area (Å²) in [4.78, 5) is 11.9. The van der Waals surface area contributed by atoms with Crippen LogP contribution in [0.4, 0.5) is 0 Å². The molecule has 2 aromatic rings. The minimum Gasteiger partial charge on any atom is -0.467 e. The molecule has 3 rings (SSSR count). The van der Waals surface area contributed by atoms with Gasteiger partial charge in [-0.05, 0) is 35.4 Å². The van der Waals surface area contributed by atoms with Crippen LogP contribution in [0.1, 0.15) is 11.1 Å². The number of halogens is 2. The van der Waals surface area contributed by atoms with Gasteiger partial charge in [-0.1, -0.05) is 47.5 Å². The van der Waals surface area contributed by atoms with Crippen molar-refractivity contribution in [2.75, 3.05) is 7.11 Å².